The van der Waals surface area contributed by atoms with Crippen LogP contribution in [0, 0.1) is 0 Å². The molecule has 2 atom stereocenters. The topological polar surface area (TPSA) is 24.9 Å². The van der Waals surface area contributed by atoms with Gasteiger partial charge in [-0.1, -0.05) is 23.9 Å². The highest BCUT2D eigenvalue weighted by atomic mass is 35.5. The first-order valence-corrected chi connectivity index (χ1v) is 8.35. The highest BCUT2D eigenvalue weighted by Gasteiger charge is 2.34. The van der Waals surface area contributed by atoms with Crippen LogP contribution in [0.5, 0.6) is 0 Å². The molecular weight excluding hydrogens is 296 g/mol. The summed E-state index contributed by atoms with van der Waals surface area (Å²) in [5, 5.41) is 4.47. The molecule has 1 aromatic heterocycles. The minimum absolute atomic E-state index is 0. The second-order valence-electron chi connectivity index (χ2n) is 5.30. The monoisotopic (exact) mass is 312 g/mol. The molecule has 2 bridgehead atoms. The Morgan fingerprint density at radius 2 is 1.89 bits per heavy atom. The SMILES string of the molecule is Cl.c1ccc2sc(SC3CC4CCC(C3)N4)nc2c1. The number of fused-ring (bicyclic) bond motifs is 3. The third kappa shape index (κ3) is 2.77. The number of aromatic nitrogens is 1. The summed E-state index contributed by atoms with van der Waals surface area (Å²) in [6, 6.07) is 10.00. The molecule has 0 radical (unpaired) electrons. The van der Waals surface area contributed by atoms with Crippen molar-refractivity contribution in [3.05, 3.63) is 24.3 Å². The molecule has 102 valence electrons. The molecule has 2 fully saturated rings. The number of hydrogen-bond donors (Lipinski definition) is 1. The van der Waals surface area contributed by atoms with E-state index in [2.05, 4.69) is 29.6 Å². The van der Waals surface area contributed by atoms with Gasteiger partial charge in [0, 0.05) is 17.3 Å². The summed E-state index contributed by atoms with van der Waals surface area (Å²) in [4.78, 5) is 4.74. The molecule has 19 heavy (non-hydrogen) atoms. The van der Waals surface area contributed by atoms with E-state index in [1.54, 1.807) is 0 Å². The number of benzene rings is 1. The highest BCUT2D eigenvalue weighted by molar-refractivity contribution is 8.01. The van der Waals surface area contributed by atoms with Gasteiger partial charge in [-0.3, -0.25) is 0 Å². The lowest BCUT2D eigenvalue weighted by Gasteiger charge is -2.27. The van der Waals surface area contributed by atoms with Crippen LogP contribution in [0.15, 0.2) is 28.6 Å². The normalized spacial score (nSPS) is 29.4. The number of nitrogens with one attached hydrogen (secondary N) is 1. The molecule has 1 N–H and O–H groups in total. The van der Waals surface area contributed by atoms with Crippen LogP contribution in [0.25, 0.3) is 10.2 Å². The second kappa shape index (κ2) is 5.60. The summed E-state index contributed by atoms with van der Waals surface area (Å²) in [5.41, 5.74) is 1.15. The van der Waals surface area contributed by atoms with Crippen molar-refractivity contribution in [3.8, 4) is 0 Å². The van der Waals surface area contributed by atoms with Crippen molar-refractivity contribution in [2.75, 3.05) is 0 Å². The van der Waals surface area contributed by atoms with Crippen LogP contribution in [0.2, 0.25) is 0 Å². The molecule has 0 saturated carbocycles. The van der Waals surface area contributed by atoms with Gasteiger partial charge in [-0.25, -0.2) is 4.98 Å². The molecule has 5 heteroatoms. The van der Waals surface area contributed by atoms with Crippen molar-refractivity contribution >= 4 is 45.7 Å². The van der Waals surface area contributed by atoms with Crippen molar-refractivity contribution in [3.63, 3.8) is 0 Å². The predicted octanol–water partition coefficient (Wildman–Crippen LogP) is 4.09. The van der Waals surface area contributed by atoms with Gasteiger partial charge in [-0.05, 0) is 37.8 Å². The molecule has 2 aromatic rings. The number of thiazole rings is 1. The molecule has 0 amide bonds. The molecule has 2 aliphatic heterocycles. The number of hydrogen-bond acceptors (Lipinski definition) is 4. The van der Waals surface area contributed by atoms with Crippen molar-refractivity contribution in [2.45, 2.75) is 47.4 Å². The quantitative estimate of drug-likeness (QED) is 0.904. The van der Waals surface area contributed by atoms with Gasteiger partial charge in [0.25, 0.3) is 0 Å². The minimum Gasteiger partial charge on any atom is -0.311 e. The average Bonchev–Trinajstić information content (AvgIpc) is 2.92. The summed E-state index contributed by atoms with van der Waals surface area (Å²) < 4.78 is 2.57. The number of nitrogens with zero attached hydrogens (tertiary/aromatic N) is 1. The van der Waals surface area contributed by atoms with Crippen LogP contribution in [0.3, 0.4) is 0 Å². The molecule has 4 rings (SSSR count). The maximum absolute atomic E-state index is 4.74. The third-order valence-electron chi connectivity index (χ3n) is 3.97. The smallest absolute Gasteiger partial charge is 0.151 e. The first-order chi connectivity index (χ1) is 8.87. The van der Waals surface area contributed by atoms with Crippen LogP contribution >= 0.6 is 35.5 Å². The maximum atomic E-state index is 4.74. The van der Waals surface area contributed by atoms with Gasteiger partial charge in [0.05, 0.1) is 10.2 Å². The Kier molecular flexibility index (Phi) is 4.03. The van der Waals surface area contributed by atoms with Crippen molar-refractivity contribution < 1.29 is 0 Å². The number of rotatable bonds is 2. The van der Waals surface area contributed by atoms with Gasteiger partial charge in [-0.2, -0.15) is 0 Å². The molecule has 3 heterocycles. The third-order valence-corrected chi connectivity index (χ3v) is 6.35. The van der Waals surface area contributed by atoms with Crippen molar-refractivity contribution in [2.24, 2.45) is 0 Å². The van der Waals surface area contributed by atoms with Gasteiger partial charge in [0.1, 0.15) is 0 Å². The maximum Gasteiger partial charge on any atom is 0.151 e. The standard InChI is InChI=1S/C14H16N2S2.ClH/c1-2-4-13-12(3-1)16-14(18-13)17-11-7-9-5-6-10(8-11)15-9;/h1-4,9-11,15H,5-8H2;1H. The highest BCUT2D eigenvalue weighted by Crippen LogP contribution is 2.39. The summed E-state index contributed by atoms with van der Waals surface area (Å²) in [6.07, 6.45) is 5.39. The number of para-hydroxylation sites is 1. The van der Waals surface area contributed by atoms with Crippen LogP contribution in [0.4, 0.5) is 0 Å². The molecule has 2 saturated heterocycles. The van der Waals surface area contributed by atoms with Crippen molar-refractivity contribution in [1.82, 2.24) is 10.3 Å². The first kappa shape index (κ1) is 13.7. The summed E-state index contributed by atoms with van der Waals surface area (Å²) in [6.45, 7) is 0. The number of thioether (sulfide) groups is 1. The van der Waals surface area contributed by atoms with E-state index in [1.165, 1.54) is 34.7 Å². The van der Waals surface area contributed by atoms with E-state index in [-0.39, 0.29) is 12.4 Å². The molecule has 0 aliphatic carbocycles. The molecule has 2 unspecified atom stereocenters. The Bertz CT molecular complexity index is 526. The molecule has 2 nitrogen and oxygen atoms in total. The molecule has 1 aromatic carbocycles. The fourth-order valence-corrected chi connectivity index (χ4v) is 5.81. The van der Waals surface area contributed by atoms with E-state index in [1.807, 2.05) is 23.1 Å². The summed E-state index contributed by atoms with van der Waals surface area (Å²) >= 11 is 3.85. The zero-order valence-corrected chi connectivity index (χ0v) is 13.0. The fraction of sp³-hybridized carbons (Fsp3) is 0.500. The number of piperidine rings is 1. The fourth-order valence-electron chi connectivity index (χ4n) is 3.15. The van der Waals surface area contributed by atoms with E-state index < -0.39 is 0 Å². The molecule has 0 spiro atoms. The first-order valence-electron chi connectivity index (χ1n) is 6.65. The van der Waals surface area contributed by atoms with Gasteiger partial charge in [-0.15, -0.1) is 23.7 Å². The second-order valence-corrected chi connectivity index (χ2v) is 7.87. The lowest BCUT2D eigenvalue weighted by molar-refractivity contribution is 0.415. The van der Waals surface area contributed by atoms with Crippen LogP contribution in [-0.2, 0) is 0 Å². The Hall–Kier alpha value is -0.290. The average molecular weight is 313 g/mol. The van der Waals surface area contributed by atoms with Crippen LogP contribution in [-0.4, -0.2) is 22.3 Å². The summed E-state index contributed by atoms with van der Waals surface area (Å²) in [5.74, 6) is 0. The zero-order valence-electron chi connectivity index (χ0n) is 10.5. The Morgan fingerprint density at radius 3 is 2.63 bits per heavy atom. The van der Waals surface area contributed by atoms with E-state index in [4.69, 9.17) is 4.98 Å². The lowest BCUT2D eigenvalue weighted by atomic mass is 10.1. The Morgan fingerprint density at radius 1 is 1.16 bits per heavy atom. The van der Waals surface area contributed by atoms with E-state index in [9.17, 15) is 0 Å². The van der Waals surface area contributed by atoms with Gasteiger partial charge >= 0.3 is 0 Å². The van der Waals surface area contributed by atoms with Crippen molar-refractivity contribution in [1.29, 1.82) is 0 Å². The van der Waals surface area contributed by atoms with E-state index >= 15 is 0 Å². The zero-order chi connectivity index (χ0) is 11.9. The lowest BCUT2D eigenvalue weighted by Crippen LogP contribution is -2.39. The Balaban J connectivity index is 0.00000110. The summed E-state index contributed by atoms with van der Waals surface area (Å²) in [7, 11) is 0. The van der Waals surface area contributed by atoms with E-state index in [0.29, 0.717) is 0 Å². The minimum atomic E-state index is 0. The largest absolute Gasteiger partial charge is 0.311 e. The van der Waals surface area contributed by atoms with Gasteiger partial charge in [0.2, 0.25) is 0 Å². The Labute approximate surface area is 127 Å². The molecular formula is C14H17ClN2S2. The van der Waals surface area contributed by atoms with Crippen LogP contribution < -0.4 is 5.32 Å². The van der Waals surface area contributed by atoms with Gasteiger partial charge < -0.3 is 5.32 Å². The molecule has 2 aliphatic rings. The van der Waals surface area contributed by atoms with Gasteiger partial charge in [0.15, 0.2) is 4.34 Å². The van der Waals surface area contributed by atoms with Crippen LogP contribution in [0.1, 0.15) is 25.7 Å². The number of halogens is 1. The van der Waals surface area contributed by atoms with E-state index in [0.717, 1.165) is 22.9 Å². The predicted molar refractivity (Wildman–Crippen MR) is 85.7 cm³/mol.